The predicted molar refractivity (Wildman–Crippen MR) is 138 cm³/mol. The minimum absolute atomic E-state index is 0.119. The highest BCUT2D eigenvalue weighted by Crippen LogP contribution is 2.35. The Bertz CT molecular complexity index is 1320. The number of amides is 2. The molecule has 170 valence electrons. The van der Waals surface area contributed by atoms with Gasteiger partial charge in [0, 0.05) is 17.7 Å². The highest BCUT2D eigenvalue weighted by molar-refractivity contribution is 8.15. The van der Waals surface area contributed by atoms with Gasteiger partial charge in [0.05, 0.1) is 10.9 Å². The van der Waals surface area contributed by atoms with Crippen LogP contribution in [0, 0.1) is 6.92 Å². The lowest BCUT2D eigenvalue weighted by molar-refractivity contribution is -0.124. The summed E-state index contributed by atoms with van der Waals surface area (Å²) >= 11 is 1.27. The van der Waals surface area contributed by atoms with E-state index in [1.54, 1.807) is 4.90 Å². The number of anilines is 1. The van der Waals surface area contributed by atoms with Crippen molar-refractivity contribution in [1.82, 2.24) is 4.90 Å². The number of para-hydroxylation sites is 2. The summed E-state index contributed by atoms with van der Waals surface area (Å²) in [5.74, 6) is 0.337. The highest BCUT2D eigenvalue weighted by Gasteiger charge is 2.42. The Morgan fingerprint density at radius 1 is 1.03 bits per heavy atom. The first-order chi connectivity index (χ1) is 16.5. The molecule has 34 heavy (non-hydrogen) atoms. The molecule has 0 spiro atoms. The minimum atomic E-state index is -0.523. The Morgan fingerprint density at radius 2 is 1.74 bits per heavy atom. The number of fused-ring (bicyclic) bond motifs is 3. The summed E-state index contributed by atoms with van der Waals surface area (Å²) in [6.07, 6.45) is 0.517. The molecule has 2 atom stereocenters. The number of nitrogens with one attached hydrogen (secondary N) is 1. The smallest absolute Gasteiger partial charge is 0.259 e. The van der Waals surface area contributed by atoms with Crippen molar-refractivity contribution in [2.45, 2.75) is 31.6 Å². The molecule has 2 amide bonds. The Morgan fingerprint density at radius 3 is 2.53 bits per heavy atom. The van der Waals surface area contributed by atoms with E-state index in [1.807, 2.05) is 92.7 Å². The van der Waals surface area contributed by atoms with E-state index in [1.165, 1.54) is 11.8 Å². The molecule has 0 aliphatic carbocycles. The lowest BCUT2D eigenvalue weighted by Crippen LogP contribution is -2.42. The van der Waals surface area contributed by atoms with Gasteiger partial charge in [-0.15, -0.1) is 0 Å². The van der Waals surface area contributed by atoms with Crippen molar-refractivity contribution in [3.8, 4) is 0 Å². The molecule has 3 aromatic carbocycles. The average molecular weight is 469 g/mol. The van der Waals surface area contributed by atoms with Gasteiger partial charge in [0.2, 0.25) is 5.91 Å². The molecule has 1 N–H and O–H groups in total. The van der Waals surface area contributed by atoms with Crippen molar-refractivity contribution < 1.29 is 9.59 Å². The van der Waals surface area contributed by atoms with Crippen molar-refractivity contribution in [3.63, 3.8) is 0 Å². The number of thioether (sulfide) groups is 1. The second kappa shape index (κ2) is 9.27. The van der Waals surface area contributed by atoms with Crippen LogP contribution in [0.15, 0.2) is 88.8 Å². The SMILES string of the molecule is Cc1ccccc1NC(=O)[C@H](C)SC1=Nc2ccccc2C2=N[C@H](Cc3ccccc3)C(=O)N12. The first-order valence-corrected chi connectivity index (χ1v) is 12.1. The molecule has 6 nitrogen and oxygen atoms in total. The van der Waals surface area contributed by atoms with Crippen LogP contribution < -0.4 is 5.32 Å². The first-order valence-electron chi connectivity index (χ1n) is 11.2. The van der Waals surface area contributed by atoms with E-state index in [2.05, 4.69) is 5.32 Å². The summed E-state index contributed by atoms with van der Waals surface area (Å²) in [7, 11) is 0. The molecule has 7 heteroatoms. The van der Waals surface area contributed by atoms with E-state index in [9.17, 15) is 9.59 Å². The minimum Gasteiger partial charge on any atom is -0.325 e. The normalized spacial score (nSPS) is 17.4. The van der Waals surface area contributed by atoms with Crippen LogP contribution in [0.4, 0.5) is 11.4 Å². The maximum Gasteiger partial charge on any atom is 0.259 e. The van der Waals surface area contributed by atoms with Crippen LogP contribution in [0.5, 0.6) is 0 Å². The zero-order valence-corrected chi connectivity index (χ0v) is 19.8. The quantitative estimate of drug-likeness (QED) is 0.575. The summed E-state index contributed by atoms with van der Waals surface area (Å²) in [5, 5.41) is 2.99. The molecular weight excluding hydrogens is 444 g/mol. The van der Waals surface area contributed by atoms with Crippen molar-refractivity contribution >= 4 is 46.0 Å². The van der Waals surface area contributed by atoms with E-state index in [0.717, 1.165) is 28.1 Å². The topological polar surface area (TPSA) is 74.1 Å². The van der Waals surface area contributed by atoms with Gasteiger partial charge >= 0.3 is 0 Å². The van der Waals surface area contributed by atoms with Crippen LogP contribution in [0.25, 0.3) is 0 Å². The fourth-order valence-electron chi connectivity index (χ4n) is 4.01. The number of aliphatic imine (C=N–C) groups is 2. The summed E-state index contributed by atoms with van der Waals surface area (Å²) < 4.78 is 0. The maximum absolute atomic E-state index is 13.5. The second-order valence-electron chi connectivity index (χ2n) is 8.31. The van der Waals surface area contributed by atoms with Crippen LogP contribution in [-0.2, 0) is 16.0 Å². The highest BCUT2D eigenvalue weighted by atomic mass is 32.2. The van der Waals surface area contributed by atoms with Crippen LogP contribution in [0.3, 0.4) is 0 Å². The predicted octanol–water partition coefficient (Wildman–Crippen LogP) is 4.96. The summed E-state index contributed by atoms with van der Waals surface area (Å²) in [5.41, 5.74) is 4.39. The molecule has 5 rings (SSSR count). The summed E-state index contributed by atoms with van der Waals surface area (Å²) in [4.78, 5) is 37.6. The van der Waals surface area contributed by atoms with Gasteiger partial charge < -0.3 is 5.32 Å². The lowest BCUT2D eigenvalue weighted by atomic mass is 10.1. The van der Waals surface area contributed by atoms with Gasteiger partial charge in [-0.3, -0.25) is 14.6 Å². The maximum atomic E-state index is 13.5. The number of carbonyl (C=O) groups excluding carboxylic acids is 2. The molecular formula is C27H24N4O2S. The summed E-state index contributed by atoms with van der Waals surface area (Å²) in [6.45, 7) is 3.77. The van der Waals surface area contributed by atoms with E-state index >= 15 is 0 Å². The zero-order valence-electron chi connectivity index (χ0n) is 18.9. The van der Waals surface area contributed by atoms with E-state index in [-0.39, 0.29) is 11.8 Å². The van der Waals surface area contributed by atoms with E-state index in [4.69, 9.17) is 9.98 Å². The van der Waals surface area contributed by atoms with Gasteiger partial charge in [0.25, 0.3) is 5.91 Å². The van der Waals surface area contributed by atoms with Crippen LogP contribution in [0.2, 0.25) is 0 Å². The number of hydrogen-bond acceptors (Lipinski definition) is 5. The van der Waals surface area contributed by atoms with Gasteiger partial charge in [0.15, 0.2) is 5.17 Å². The third kappa shape index (κ3) is 4.26. The molecule has 2 aliphatic heterocycles. The van der Waals surface area contributed by atoms with Crippen LogP contribution >= 0.6 is 11.8 Å². The fourth-order valence-corrected chi connectivity index (χ4v) is 4.93. The molecule has 0 aromatic heterocycles. The van der Waals surface area contributed by atoms with Gasteiger partial charge in [-0.05, 0) is 43.2 Å². The third-order valence-corrected chi connectivity index (χ3v) is 6.93. The van der Waals surface area contributed by atoms with Gasteiger partial charge in [-0.2, -0.15) is 0 Å². The van der Waals surface area contributed by atoms with Crippen molar-refractivity contribution in [1.29, 1.82) is 0 Å². The molecule has 0 bridgehead atoms. The number of amidine groups is 2. The number of rotatable bonds is 5. The molecule has 0 unspecified atom stereocenters. The van der Waals surface area contributed by atoms with Gasteiger partial charge in [0.1, 0.15) is 11.9 Å². The molecule has 0 radical (unpaired) electrons. The third-order valence-electron chi connectivity index (χ3n) is 5.87. The summed E-state index contributed by atoms with van der Waals surface area (Å²) in [6, 6.07) is 24.7. The second-order valence-corrected chi connectivity index (χ2v) is 9.62. The lowest BCUT2D eigenvalue weighted by Gasteiger charge is -2.27. The molecule has 2 heterocycles. The van der Waals surface area contributed by atoms with Crippen molar-refractivity contribution in [2.24, 2.45) is 9.98 Å². The van der Waals surface area contributed by atoms with Crippen molar-refractivity contribution in [2.75, 3.05) is 5.32 Å². The monoisotopic (exact) mass is 468 g/mol. The van der Waals surface area contributed by atoms with Crippen LogP contribution in [-0.4, -0.2) is 39.0 Å². The van der Waals surface area contributed by atoms with Crippen LogP contribution in [0.1, 0.15) is 23.6 Å². The number of carbonyl (C=O) groups is 2. The zero-order chi connectivity index (χ0) is 23.7. The number of hydrogen-bond donors (Lipinski definition) is 1. The Kier molecular flexibility index (Phi) is 6.02. The fraction of sp³-hybridized carbons (Fsp3) is 0.185. The van der Waals surface area contributed by atoms with Crippen molar-refractivity contribution in [3.05, 3.63) is 95.6 Å². The van der Waals surface area contributed by atoms with Gasteiger partial charge in [-0.1, -0.05) is 72.4 Å². The van der Waals surface area contributed by atoms with E-state index < -0.39 is 11.3 Å². The Labute approximate surface area is 202 Å². The standard InChI is InChI=1S/C27H24N4O2S/c1-17-10-6-8-14-21(17)29-25(32)18(2)34-27-30-22-15-9-7-13-20(22)24-28-23(26(33)31(24)27)16-19-11-4-3-5-12-19/h3-15,18,23H,16H2,1-2H3,(H,29,32)/t18-,23+/m0/s1. The molecule has 0 saturated heterocycles. The Hall–Kier alpha value is -3.71. The molecule has 2 aliphatic rings. The Balaban J connectivity index is 1.41. The van der Waals surface area contributed by atoms with E-state index in [0.29, 0.717) is 17.4 Å². The number of nitrogens with zero attached hydrogens (tertiary/aromatic N) is 3. The molecule has 0 fully saturated rings. The largest absolute Gasteiger partial charge is 0.325 e. The number of benzene rings is 3. The number of aryl methyl sites for hydroxylation is 1. The van der Waals surface area contributed by atoms with Gasteiger partial charge in [-0.25, -0.2) is 9.89 Å². The average Bonchev–Trinajstić information content (AvgIpc) is 3.17. The molecule has 3 aromatic rings. The first kappa shape index (κ1) is 22.1. The molecule has 0 saturated carbocycles.